The van der Waals surface area contributed by atoms with Crippen molar-refractivity contribution < 1.29 is 24.5 Å². The van der Waals surface area contributed by atoms with Crippen molar-refractivity contribution in [2.24, 2.45) is 0 Å². The molecule has 0 aliphatic carbocycles. The number of phenolic OH excluding ortho intramolecular Hbond substituents is 1. The van der Waals surface area contributed by atoms with Gasteiger partial charge in [-0.3, -0.25) is 14.5 Å². The van der Waals surface area contributed by atoms with Gasteiger partial charge < -0.3 is 14.9 Å². The molecule has 1 unspecified atom stereocenters. The first-order valence-corrected chi connectivity index (χ1v) is 10.6. The first kappa shape index (κ1) is 22.1. The number of methoxy groups -OCH3 is 1. The van der Waals surface area contributed by atoms with Gasteiger partial charge in [0.25, 0.3) is 11.7 Å². The van der Waals surface area contributed by atoms with Gasteiger partial charge in [-0.1, -0.05) is 12.1 Å². The number of hydrogen-bond donors (Lipinski definition) is 2. The minimum absolute atomic E-state index is 0.0214. The lowest BCUT2D eigenvalue weighted by molar-refractivity contribution is -0.132. The third-order valence-corrected chi connectivity index (χ3v) is 5.97. The van der Waals surface area contributed by atoms with E-state index in [2.05, 4.69) is 15.9 Å². The Morgan fingerprint density at radius 3 is 2.30 bits per heavy atom. The summed E-state index contributed by atoms with van der Waals surface area (Å²) in [7, 11) is 1.51. The molecule has 0 radical (unpaired) electrons. The zero-order valence-corrected chi connectivity index (χ0v) is 18.9. The van der Waals surface area contributed by atoms with E-state index in [1.54, 1.807) is 54.6 Å². The Bertz CT molecular complexity index is 1320. The number of aliphatic hydroxyl groups is 1. The monoisotopic (exact) mass is 504 g/mol. The quantitative estimate of drug-likeness (QED) is 0.303. The van der Waals surface area contributed by atoms with Gasteiger partial charge in [0, 0.05) is 11.3 Å². The second-order valence-corrected chi connectivity index (χ2v) is 8.12. The highest BCUT2D eigenvalue weighted by Crippen LogP contribution is 2.43. The smallest absolute Gasteiger partial charge is 0.300 e. The van der Waals surface area contributed by atoms with Crippen LogP contribution in [0.2, 0.25) is 0 Å². The van der Waals surface area contributed by atoms with E-state index in [4.69, 9.17) is 10.00 Å². The minimum atomic E-state index is -0.945. The highest BCUT2D eigenvalue weighted by molar-refractivity contribution is 9.10. The fourth-order valence-corrected chi connectivity index (χ4v) is 4.28. The van der Waals surface area contributed by atoms with Crippen LogP contribution in [0.5, 0.6) is 11.5 Å². The largest absolute Gasteiger partial charge is 0.508 e. The van der Waals surface area contributed by atoms with Crippen molar-refractivity contribution in [3.8, 4) is 17.6 Å². The van der Waals surface area contributed by atoms with Crippen molar-refractivity contribution in [1.29, 1.82) is 5.26 Å². The van der Waals surface area contributed by atoms with Gasteiger partial charge in [0.05, 0.1) is 34.8 Å². The van der Waals surface area contributed by atoms with Crippen molar-refractivity contribution in [2.75, 3.05) is 12.0 Å². The molecule has 3 aromatic rings. The summed E-state index contributed by atoms with van der Waals surface area (Å²) in [6, 6.07) is 18.2. The molecule has 1 atom stereocenters. The topological polar surface area (TPSA) is 111 Å². The van der Waals surface area contributed by atoms with E-state index in [-0.39, 0.29) is 17.1 Å². The van der Waals surface area contributed by atoms with E-state index in [1.165, 1.54) is 24.1 Å². The maximum Gasteiger partial charge on any atom is 0.300 e. The maximum atomic E-state index is 13.1. The number of carbonyl (C=O) groups excluding carboxylic acids is 2. The number of Topliss-reactive ketones (excluding diaryl/α,β-unsaturated/α-hetero) is 1. The van der Waals surface area contributed by atoms with Crippen LogP contribution in [-0.2, 0) is 9.59 Å². The van der Waals surface area contributed by atoms with Crippen molar-refractivity contribution in [2.45, 2.75) is 6.04 Å². The number of phenols is 1. The average molecular weight is 505 g/mol. The molecule has 1 heterocycles. The van der Waals surface area contributed by atoms with Crippen molar-refractivity contribution in [1.82, 2.24) is 0 Å². The summed E-state index contributed by atoms with van der Waals surface area (Å²) >= 11 is 3.37. The molecule has 1 saturated heterocycles. The van der Waals surface area contributed by atoms with E-state index in [9.17, 15) is 19.8 Å². The molecule has 0 bridgehead atoms. The summed E-state index contributed by atoms with van der Waals surface area (Å²) in [5.74, 6) is -1.44. The Kier molecular flexibility index (Phi) is 5.90. The number of anilines is 1. The van der Waals surface area contributed by atoms with Crippen LogP contribution in [0.15, 0.2) is 76.8 Å². The molecule has 1 aliphatic rings. The van der Waals surface area contributed by atoms with E-state index in [1.807, 2.05) is 6.07 Å². The Labute approximate surface area is 197 Å². The number of benzene rings is 3. The van der Waals surface area contributed by atoms with Crippen LogP contribution >= 0.6 is 15.9 Å². The van der Waals surface area contributed by atoms with E-state index >= 15 is 0 Å². The summed E-state index contributed by atoms with van der Waals surface area (Å²) in [4.78, 5) is 27.5. The van der Waals surface area contributed by atoms with Crippen LogP contribution in [0, 0.1) is 11.3 Å². The van der Waals surface area contributed by atoms with Gasteiger partial charge in [-0.15, -0.1) is 0 Å². The van der Waals surface area contributed by atoms with Crippen molar-refractivity contribution >= 4 is 39.1 Å². The Morgan fingerprint density at radius 2 is 1.73 bits per heavy atom. The van der Waals surface area contributed by atoms with Crippen LogP contribution in [0.3, 0.4) is 0 Å². The van der Waals surface area contributed by atoms with Crippen molar-refractivity contribution in [3.63, 3.8) is 0 Å². The van der Waals surface area contributed by atoms with Gasteiger partial charge in [-0.25, -0.2) is 0 Å². The highest BCUT2D eigenvalue weighted by atomic mass is 79.9. The number of hydrogen-bond acceptors (Lipinski definition) is 6. The molecule has 1 aliphatic heterocycles. The maximum absolute atomic E-state index is 13.1. The minimum Gasteiger partial charge on any atom is -0.508 e. The average Bonchev–Trinajstić information content (AvgIpc) is 3.09. The summed E-state index contributed by atoms with van der Waals surface area (Å²) in [5, 5.41) is 30.0. The van der Waals surface area contributed by atoms with E-state index in [0.717, 1.165) is 0 Å². The number of nitriles is 1. The number of ketones is 1. The second kappa shape index (κ2) is 8.81. The van der Waals surface area contributed by atoms with Gasteiger partial charge >= 0.3 is 0 Å². The zero-order chi connectivity index (χ0) is 23.7. The molecule has 0 spiro atoms. The van der Waals surface area contributed by atoms with Crippen LogP contribution in [0.1, 0.15) is 22.7 Å². The van der Waals surface area contributed by atoms with Crippen LogP contribution in [-0.4, -0.2) is 29.0 Å². The van der Waals surface area contributed by atoms with Gasteiger partial charge in [0.2, 0.25) is 0 Å². The molecule has 4 rings (SSSR count). The first-order chi connectivity index (χ1) is 15.8. The summed E-state index contributed by atoms with van der Waals surface area (Å²) in [5.41, 5.74) is 1.55. The molecule has 1 amide bonds. The summed E-state index contributed by atoms with van der Waals surface area (Å²) < 4.78 is 5.78. The molecular formula is C25H17BrN2O5. The lowest BCUT2D eigenvalue weighted by Crippen LogP contribution is -2.29. The number of aromatic hydroxyl groups is 1. The number of amides is 1. The summed E-state index contributed by atoms with van der Waals surface area (Å²) in [6.45, 7) is 0. The molecule has 1 fully saturated rings. The number of halogens is 1. The fraction of sp³-hybridized carbons (Fsp3) is 0.0800. The van der Waals surface area contributed by atoms with Crippen LogP contribution in [0.25, 0.3) is 5.76 Å². The van der Waals surface area contributed by atoms with Gasteiger partial charge in [-0.05, 0) is 76.1 Å². The third-order valence-electron chi connectivity index (χ3n) is 5.35. The first-order valence-electron chi connectivity index (χ1n) is 9.79. The van der Waals surface area contributed by atoms with E-state index < -0.39 is 17.7 Å². The van der Waals surface area contributed by atoms with Gasteiger partial charge in [0.15, 0.2) is 0 Å². The molecule has 33 heavy (non-hydrogen) atoms. The zero-order valence-electron chi connectivity index (χ0n) is 17.3. The number of ether oxygens (including phenoxy) is 1. The van der Waals surface area contributed by atoms with E-state index in [0.29, 0.717) is 32.6 Å². The third kappa shape index (κ3) is 3.95. The number of rotatable bonds is 4. The van der Waals surface area contributed by atoms with Crippen LogP contribution < -0.4 is 9.64 Å². The second-order valence-electron chi connectivity index (χ2n) is 7.27. The Balaban J connectivity index is 1.92. The normalized spacial score (nSPS) is 17.1. The number of aliphatic hydroxyl groups excluding tert-OH is 1. The van der Waals surface area contributed by atoms with Gasteiger partial charge in [0.1, 0.15) is 17.3 Å². The number of carbonyl (C=O) groups is 2. The lowest BCUT2D eigenvalue weighted by Gasteiger charge is -2.25. The molecule has 164 valence electrons. The molecule has 0 aromatic heterocycles. The number of nitrogens with zero attached hydrogens (tertiary/aromatic N) is 2. The summed E-state index contributed by atoms with van der Waals surface area (Å²) in [6.07, 6.45) is 0. The predicted molar refractivity (Wildman–Crippen MR) is 125 cm³/mol. The SMILES string of the molecule is COc1ccc(/C(O)=C2/C(=O)C(=O)N(c3ccc(C#N)cc3)C2c2ccc(O)cc2)cc1Br. The molecular weight excluding hydrogens is 488 g/mol. The molecule has 8 heteroatoms. The predicted octanol–water partition coefficient (Wildman–Crippen LogP) is 4.66. The van der Waals surface area contributed by atoms with Gasteiger partial charge in [-0.2, -0.15) is 5.26 Å². The Morgan fingerprint density at radius 1 is 1.06 bits per heavy atom. The molecule has 7 nitrogen and oxygen atoms in total. The Hall–Kier alpha value is -4.09. The molecule has 3 aromatic carbocycles. The standard InChI is InChI=1S/C25H17BrN2O5/c1-33-20-11-6-16(12-19(20)26)23(30)21-22(15-4-9-18(29)10-5-15)28(25(32)24(21)31)17-7-2-14(13-27)3-8-17/h2-12,22,29-30H,1H3/b23-21-. The van der Waals surface area contributed by atoms with Crippen molar-refractivity contribution in [3.05, 3.63) is 93.5 Å². The highest BCUT2D eigenvalue weighted by Gasteiger charge is 2.47. The molecule has 0 saturated carbocycles. The lowest BCUT2D eigenvalue weighted by atomic mass is 9.95. The molecule has 2 N–H and O–H groups in total. The fourth-order valence-electron chi connectivity index (χ4n) is 3.74. The van der Waals surface area contributed by atoms with Crippen LogP contribution in [0.4, 0.5) is 5.69 Å².